The highest BCUT2D eigenvalue weighted by atomic mass is 35.5. The van der Waals surface area contributed by atoms with E-state index in [0.717, 1.165) is 12.3 Å². The van der Waals surface area contributed by atoms with Gasteiger partial charge in [0.2, 0.25) is 0 Å². The van der Waals surface area contributed by atoms with E-state index in [1.54, 1.807) is 10.4 Å². The van der Waals surface area contributed by atoms with Crippen molar-refractivity contribution in [1.82, 2.24) is 0 Å². The lowest BCUT2D eigenvalue weighted by Crippen LogP contribution is -2.53. The molecule has 0 amide bonds. The van der Waals surface area contributed by atoms with E-state index in [-0.39, 0.29) is 0 Å². The second-order valence-corrected chi connectivity index (χ2v) is 15.1. The van der Waals surface area contributed by atoms with Crippen LogP contribution in [0.15, 0.2) is 71.5 Å². The minimum atomic E-state index is -1.98. The fourth-order valence-electron chi connectivity index (χ4n) is 6.08. The number of alkyl halides is 1. The van der Waals surface area contributed by atoms with Crippen LogP contribution >= 0.6 is 11.6 Å². The van der Waals surface area contributed by atoms with Crippen LogP contribution in [0.4, 0.5) is 5.69 Å². The Morgan fingerprint density at radius 1 is 1.00 bits per heavy atom. The summed E-state index contributed by atoms with van der Waals surface area (Å²) in [5.74, 6) is 0.735. The number of halogens is 1. The maximum absolute atomic E-state index is 6.31. The summed E-state index contributed by atoms with van der Waals surface area (Å²) in [4.78, 5) is 2.54. The van der Waals surface area contributed by atoms with Crippen LogP contribution in [0.2, 0.25) is 12.6 Å². The average Bonchev–Trinajstić information content (AvgIpc) is 2.77. The summed E-state index contributed by atoms with van der Waals surface area (Å²) in [6.45, 7) is 9.59. The Bertz CT molecular complexity index is 1270. The van der Waals surface area contributed by atoms with E-state index < -0.39 is 8.07 Å². The van der Waals surface area contributed by atoms with Crippen LogP contribution in [-0.4, -0.2) is 50.4 Å². The lowest BCUT2D eigenvalue weighted by atomic mass is 9.87. The van der Waals surface area contributed by atoms with E-state index >= 15 is 0 Å². The van der Waals surface area contributed by atoms with Gasteiger partial charge in [-0.3, -0.25) is 0 Å². The summed E-state index contributed by atoms with van der Waals surface area (Å²) >= 11 is 6.31. The summed E-state index contributed by atoms with van der Waals surface area (Å²) < 4.78 is 2.54. The Hall–Kier alpha value is -2.36. The minimum Gasteiger partial charge on any atom is -0.371 e. The van der Waals surface area contributed by atoms with E-state index in [0.29, 0.717) is 0 Å². The van der Waals surface area contributed by atoms with Crippen molar-refractivity contribution >= 4 is 41.8 Å². The SMILES string of the molecule is Cc1ccccc1C1=C2C=CC(=[N+]3CCC3)C=C2[Si](C)(CCCCl)c2cc(N3CCC3)ccc21. The van der Waals surface area contributed by atoms with Crippen molar-refractivity contribution in [1.29, 1.82) is 0 Å². The number of benzene rings is 2. The molecule has 2 aromatic rings. The molecular formula is C30H34ClN2Si+. The summed E-state index contributed by atoms with van der Waals surface area (Å²) in [7, 11) is -1.98. The summed E-state index contributed by atoms with van der Waals surface area (Å²) in [6, 6.07) is 17.5. The van der Waals surface area contributed by atoms with E-state index in [2.05, 4.69) is 83.6 Å². The van der Waals surface area contributed by atoms with Gasteiger partial charge in [-0.05, 0) is 82.2 Å². The number of hydrogen-bond donors (Lipinski definition) is 0. The standard InChI is InChI=1S/C30H34ClN2Si/c1-22-8-3-4-9-25(22)30-26-12-10-23(32-15-6-16-32)20-28(26)34(2,19-5-14-31)29-21-24(11-13-27(29)30)33-17-7-18-33/h3-4,8-13,20-21H,5-7,14-19H2,1-2H3/q+1. The Morgan fingerprint density at radius 3 is 2.50 bits per heavy atom. The zero-order valence-electron chi connectivity index (χ0n) is 20.4. The largest absolute Gasteiger partial charge is 0.371 e. The zero-order chi connectivity index (χ0) is 23.3. The molecule has 2 aromatic carbocycles. The van der Waals surface area contributed by atoms with Crippen LogP contribution < -0.4 is 10.1 Å². The van der Waals surface area contributed by atoms with Gasteiger partial charge in [-0.15, -0.1) is 11.6 Å². The lowest BCUT2D eigenvalue weighted by Gasteiger charge is -2.42. The molecule has 1 atom stereocenters. The minimum absolute atomic E-state index is 0.735. The van der Waals surface area contributed by atoms with E-state index in [1.165, 1.54) is 84.3 Å². The molecule has 6 rings (SSSR count). The Balaban J connectivity index is 1.63. The Labute approximate surface area is 210 Å². The van der Waals surface area contributed by atoms with Gasteiger partial charge in [0.1, 0.15) is 21.2 Å². The quantitative estimate of drug-likeness (QED) is 0.293. The molecule has 0 bridgehead atoms. The van der Waals surface area contributed by atoms with Crippen molar-refractivity contribution in [2.24, 2.45) is 0 Å². The highest BCUT2D eigenvalue weighted by Gasteiger charge is 2.44. The number of allylic oxidation sites excluding steroid dienone is 5. The smallest absolute Gasteiger partial charge is 0.199 e. The van der Waals surface area contributed by atoms with Crippen LogP contribution in [0.3, 0.4) is 0 Å². The van der Waals surface area contributed by atoms with Crippen molar-refractivity contribution in [3.63, 3.8) is 0 Å². The normalized spacial score (nSPS) is 23.3. The fourth-order valence-corrected chi connectivity index (χ4v) is 10.7. The predicted octanol–water partition coefficient (Wildman–Crippen LogP) is 5.83. The first kappa shape index (κ1) is 22.1. The molecule has 0 saturated carbocycles. The Kier molecular flexibility index (Phi) is 5.66. The van der Waals surface area contributed by atoms with Crippen LogP contribution in [-0.2, 0) is 0 Å². The van der Waals surface area contributed by atoms with E-state index in [9.17, 15) is 0 Å². The van der Waals surface area contributed by atoms with Crippen LogP contribution in [0, 0.1) is 6.92 Å². The topological polar surface area (TPSA) is 6.25 Å². The molecule has 0 spiro atoms. The first-order valence-electron chi connectivity index (χ1n) is 12.9. The van der Waals surface area contributed by atoms with Gasteiger partial charge >= 0.3 is 0 Å². The zero-order valence-corrected chi connectivity index (χ0v) is 22.2. The monoisotopic (exact) mass is 485 g/mol. The molecule has 174 valence electrons. The van der Waals surface area contributed by atoms with Crippen molar-refractivity contribution in [3.05, 3.63) is 88.2 Å². The molecule has 0 N–H and O–H groups in total. The molecule has 2 saturated heterocycles. The molecular weight excluding hydrogens is 452 g/mol. The summed E-state index contributed by atoms with van der Waals surface area (Å²) in [5, 5.41) is 3.21. The van der Waals surface area contributed by atoms with Gasteiger partial charge in [0.15, 0.2) is 5.71 Å². The van der Waals surface area contributed by atoms with Gasteiger partial charge < -0.3 is 4.90 Å². The highest BCUT2D eigenvalue weighted by Crippen LogP contribution is 2.44. The van der Waals surface area contributed by atoms with Crippen molar-refractivity contribution < 1.29 is 4.58 Å². The number of fused-ring (bicyclic) bond motifs is 2. The summed E-state index contributed by atoms with van der Waals surface area (Å²) in [5.41, 5.74) is 9.84. The first-order valence-corrected chi connectivity index (χ1v) is 16.1. The van der Waals surface area contributed by atoms with Gasteiger partial charge in [0.05, 0.1) is 6.42 Å². The van der Waals surface area contributed by atoms with Gasteiger partial charge in [0.25, 0.3) is 0 Å². The second kappa shape index (κ2) is 8.69. The van der Waals surface area contributed by atoms with E-state index in [4.69, 9.17) is 11.6 Å². The van der Waals surface area contributed by atoms with Crippen molar-refractivity contribution in [3.8, 4) is 0 Å². The molecule has 3 aliphatic heterocycles. The van der Waals surface area contributed by atoms with Gasteiger partial charge in [-0.1, -0.05) is 36.9 Å². The molecule has 4 aliphatic rings. The average molecular weight is 486 g/mol. The maximum atomic E-state index is 6.31. The van der Waals surface area contributed by atoms with Gasteiger partial charge in [-0.2, -0.15) is 0 Å². The molecule has 2 fully saturated rings. The molecule has 1 aliphatic carbocycles. The maximum Gasteiger partial charge on any atom is 0.199 e. The molecule has 0 radical (unpaired) electrons. The third-order valence-corrected chi connectivity index (χ3v) is 13.2. The highest BCUT2D eigenvalue weighted by molar-refractivity contribution is 6.99. The molecule has 1 unspecified atom stereocenters. The lowest BCUT2D eigenvalue weighted by molar-refractivity contribution is -0.582. The third kappa shape index (κ3) is 3.47. The number of aryl methyl sites for hydroxylation is 1. The number of anilines is 1. The Morgan fingerprint density at radius 2 is 1.82 bits per heavy atom. The fraction of sp³-hybridized carbons (Fsp3) is 0.367. The van der Waals surface area contributed by atoms with E-state index in [1.807, 2.05) is 0 Å². The third-order valence-electron chi connectivity index (χ3n) is 8.40. The second-order valence-electron chi connectivity index (χ2n) is 10.5. The van der Waals surface area contributed by atoms with Crippen LogP contribution in [0.25, 0.3) is 5.57 Å². The van der Waals surface area contributed by atoms with Gasteiger partial charge in [0, 0.05) is 36.8 Å². The predicted molar refractivity (Wildman–Crippen MR) is 149 cm³/mol. The summed E-state index contributed by atoms with van der Waals surface area (Å²) in [6.07, 6.45) is 11.0. The number of rotatable bonds is 5. The van der Waals surface area contributed by atoms with Gasteiger partial charge in [-0.25, -0.2) is 4.58 Å². The molecule has 4 heteroatoms. The number of nitrogens with zero attached hydrogens (tertiary/aromatic N) is 2. The van der Waals surface area contributed by atoms with Crippen molar-refractivity contribution in [2.45, 2.75) is 38.8 Å². The molecule has 2 nitrogen and oxygen atoms in total. The first-order chi connectivity index (χ1) is 16.6. The molecule has 3 heterocycles. The number of hydrogen-bond acceptors (Lipinski definition) is 1. The molecule has 34 heavy (non-hydrogen) atoms. The molecule has 0 aromatic heterocycles. The van der Waals surface area contributed by atoms with Crippen molar-refractivity contribution in [2.75, 3.05) is 37.0 Å². The van der Waals surface area contributed by atoms with Crippen LogP contribution in [0.5, 0.6) is 0 Å². The van der Waals surface area contributed by atoms with Crippen LogP contribution in [0.1, 0.15) is 36.0 Å².